The Balaban J connectivity index is 2.00. The SMILES string of the molecule is O=c1[nH]c(N2CCCCC2)nc(O)c1-c1ccc(F)cc1. The number of rotatable bonds is 2. The Bertz CT molecular complexity index is 691. The molecule has 1 fully saturated rings. The maximum atomic E-state index is 12.9. The van der Waals surface area contributed by atoms with Gasteiger partial charge in [-0.2, -0.15) is 4.98 Å². The second-order valence-corrected chi connectivity index (χ2v) is 5.14. The number of H-pyrrole nitrogens is 1. The molecule has 0 atom stereocenters. The smallest absolute Gasteiger partial charge is 0.264 e. The van der Waals surface area contributed by atoms with Crippen molar-refractivity contribution in [2.24, 2.45) is 0 Å². The molecule has 0 aliphatic carbocycles. The van der Waals surface area contributed by atoms with Crippen LogP contribution in [0.2, 0.25) is 0 Å². The van der Waals surface area contributed by atoms with Crippen molar-refractivity contribution in [1.82, 2.24) is 9.97 Å². The predicted octanol–water partition coefficient (Wildman–Crippen LogP) is 2.27. The van der Waals surface area contributed by atoms with Crippen LogP contribution in [0.1, 0.15) is 19.3 Å². The van der Waals surface area contributed by atoms with E-state index in [4.69, 9.17) is 0 Å². The molecule has 0 radical (unpaired) electrons. The van der Waals surface area contributed by atoms with Crippen molar-refractivity contribution in [3.8, 4) is 17.0 Å². The van der Waals surface area contributed by atoms with Gasteiger partial charge in [-0.25, -0.2) is 4.39 Å². The molecule has 0 amide bonds. The molecule has 0 bridgehead atoms. The number of aromatic nitrogens is 2. The number of nitrogens with zero attached hydrogens (tertiary/aromatic N) is 2. The Morgan fingerprint density at radius 3 is 2.43 bits per heavy atom. The Morgan fingerprint density at radius 1 is 1.14 bits per heavy atom. The van der Waals surface area contributed by atoms with Crippen molar-refractivity contribution >= 4 is 5.95 Å². The van der Waals surface area contributed by atoms with Gasteiger partial charge in [-0.1, -0.05) is 12.1 Å². The number of benzene rings is 1. The molecule has 3 rings (SSSR count). The first-order valence-corrected chi connectivity index (χ1v) is 6.99. The van der Waals surface area contributed by atoms with Gasteiger partial charge in [-0.15, -0.1) is 0 Å². The lowest BCUT2D eigenvalue weighted by Crippen LogP contribution is -2.32. The first-order chi connectivity index (χ1) is 10.1. The minimum absolute atomic E-state index is 0.0655. The first-order valence-electron chi connectivity index (χ1n) is 6.99. The summed E-state index contributed by atoms with van der Waals surface area (Å²) >= 11 is 0. The van der Waals surface area contributed by atoms with Crippen molar-refractivity contribution in [2.75, 3.05) is 18.0 Å². The van der Waals surface area contributed by atoms with Crippen LogP contribution in [0.3, 0.4) is 0 Å². The zero-order valence-electron chi connectivity index (χ0n) is 11.5. The van der Waals surface area contributed by atoms with Gasteiger partial charge in [0.2, 0.25) is 11.8 Å². The first kappa shape index (κ1) is 13.6. The van der Waals surface area contributed by atoms with Crippen LogP contribution in [0.4, 0.5) is 10.3 Å². The molecule has 1 aromatic heterocycles. The van der Waals surface area contributed by atoms with Crippen molar-refractivity contribution in [1.29, 1.82) is 0 Å². The van der Waals surface area contributed by atoms with E-state index in [2.05, 4.69) is 9.97 Å². The molecular weight excluding hydrogens is 273 g/mol. The van der Waals surface area contributed by atoms with E-state index in [1.54, 1.807) is 0 Å². The molecule has 0 spiro atoms. The molecule has 1 aromatic carbocycles. The maximum Gasteiger partial charge on any atom is 0.264 e. The number of aromatic hydroxyl groups is 1. The molecule has 2 N–H and O–H groups in total. The highest BCUT2D eigenvalue weighted by atomic mass is 19.1. The van der Waals surface area contributed by atoms with Gasteiger partial charge in [0.05, 0.1) is 0 Å². The molecule has 110 valence electrons. The highest BCUT2D eigenvalue weighted by molar-refractivity contribution is 5.67. The zero-order chi connectivity index (χ0) is 14.8. The minimum Gasteiger partial charge on any atom is -0.493 e. The summed E-state index contributed by atoms with van der Waals surface area (Å²) in [5.41, 5.74) is 0.0817. The van der Waals surface area contributed by atoms with E-state index >= 15 is 0 Å². The highest BCUT2D eigenvalue weighted by Crippen LogP contribution is 2.25. The van der Waals surface area contributed by atoms with Crippen LogP contribution in [0.15, 0.2) is 29.1 Å². The molecule has 5 nitrogen and oxygen atoms in total. The van der Waals surface area contributed by atoms with E-state index in [1.807, 2.05) is 4.90 Å². The summed E-state index contributed by atoms with van der Waals surface area (Å²) in [6, 6.07) is 5.38. The Hall–Kier alpha value is -2.37. The van der Waals surface area contributed by atoms with Gasteiger partial charge in [0.1, 0.15) is 11.4 Å². The van der Waals surface area contributed by atoms with Crippen LogP contribution < -0.4 is 10.5 Å². The highest BCUT2D eigenvalue weighted by Gasteiger charge is 2.18. The average Bonchev–Trinajstić information content (AvgIpc) is 2.49. The number of halogens is 1. The van der Waals surface area contributed by atoms with Gasteiger partial charge >= 0.3 is 0 Å². The summed E-state index contributed by atoms with van der Waals surface area (Å²) in [5, 5.41) is 10.1. The molecule has 1 aliphatic heterocycles. The van der Waals surface area contributed by atoms with E-state index < -0.39 is 11.4 Å². The fraction of sp³-hybridized carbons (Fsp3) is 0.333. The van der Waals surface area contributed by atoms with Gasteiger partial charge in [0, 0.05) is 13.1 Å². The Morgan fingerprint density at radius 2 is 1.81 bits per heavy atom. The predicted molar refractivity (Wildman–Crippen MR) is 78.0 cm³/mol. The minimum atomic E-state index is -0.422. The van der Waals surface area contributed by atoms with Crippen molar-refractivity contribution in [2.45, 2.75) is 19.3 Å². The van der Waals surface area contributed by atoms with Crippen LogP contribution >= 0.6 is 0 Å². The second-order valence-electron chi connectivity index (χ2n) is 5.14. The largest absolute Gasteiger partial charge is 0.493 e. The third-order valence-corrected chi connectivity index (χ3v) is 3.68. The number of anilines is 1. The van der Waals surface area contributed by atoms with Crippen molar-refractivity contribution < 1.29 is 9.50 Å². The molecule has 2 aromatic rings. The van der Waals surface area contributed by atoms with E-state index in [9.17, 15) is 14.3 Å². The monoisotopic (exact) mass is 289 g/mol. The number of hydrogen-bond acceptors (Lipinski definition) is 4. The third kappa shape index (κ3) is 2.74. The molecule has 21 heavy (non-hydrogen) atoms. The molecular formula is C15H16FN3O2. The zero-order valence-corrected chi connectivity index (χ0v) is 11.5. The van der Waals surface area contributed by atoms with Crippen molar-refractivity contribution in [3.05, 3.63) is 40.4 Å². The van der Waals surface area contributed by atoms with Crippen LogP contribution in [-0.2, 0) is 0 Å². The van der Waals surface area contributed by atoms with Gasteiger partial charge in [-0.3, -0.25) is 9.78 Å². The topological polar surface area (TPSA) is 69.2 Å². The fourth-order valence-electron chi connectivity index (χ4n) is 2.58. The molecule has 6 heteroatoms. The van der Waals surface area contributed by atoms with Crippen LogP contribution in [0.5, 0.6) is 5.88 Å². The second kappa shape index (κ2) is 5.55. The van der Waals surface area contributed by atoms with Gasteiger partial charge < -0.3 is 10.0 Å². The molecule has 1 saturated heterocycles. The molecule has 0 unspecified atom stereocenters. The van der Waals surface area contributed by atoms with Gasteiger partial charge in [-0.05, 0) is 37.0 Å². The lowest BCUT2D eigenvalue weighted by Gasteiger charge is -2.27. The quantitative estimate of drug-likeness (QED) is 0.890. The standard InChI is InChI=1S/C15H16FN3O2/c16-11-6-4-10(5-7-11)12-13(20)17-15(18-14(12)21)19-8-2-1-3-9-19/h4-7H,1-3,8-9H2,(H2,17,18,20,21). The fourth-order valence-corrected chi connectivity index (χ4v) is 2.58. The van der Waals surface area contributed by atoms with E-state index in [0.717, 1.165) is 25.9 Å². The van der Waals surface area contributed by atoms with E-state index in [1.165, 1.54) is 30.7 Å². The van der Waals surface area contributed by atoms with Gasteiger partial charge in [0.15, 0.2) is 0 Å². The lowest BCUT2D eigenvalue weighted by atomic mass is 10.1. The van der Waals surface area contributed by atoms with Crippen molar-refractivity contribution in [3.63, 3.8) is 0 Å². The van der Waals surface area contributed by atoms with Gasteiger partial charge in [0.25, 0.3) is 5.56 Å². The summed E-state index contributed by atoms with van der Waals surface area (Å²) < 4.78 is 12.9. The summed E-state index contributed by atoms with van der Waals surface area (Å²) in [5.74, 6) is -0.332. The molecule has 1 aliphatic rings. The number of aromatic amines is 1. The lowest BCUT2D eigenvalue weighted by molar-refractivity contribution is 0.451. The Labute approximate surface area is 121 Å². The summed E-state index contributed by atoms with van der Waals surface area (Å²) in [4.78, 5) is 21.0. The number of nitrogens with one attached hydrogen (secondary N) is 1. The molecule has 2 heterocycles. The third-order valence-electron chi connectivity index (χ3n) is 3.68. The van der Waals surface area contributed by atoms with E-state index in [-0.39, 0.29) is 11.4 Å². The Kier molecular flexibility index (Phi) is 3.60. The van der Waals surface area contributed by atoms with Crippen LogP contribution in [0.25, 0.3) is 11.1 Å². The maximum absolute atomic E-state index is 12.9. The van der Waals surface area contributed by atoms with Crippen LogP contribution in [-0.4, -0.2) is 28.2 Å². The van der Waals surface area contributed by atoms with E-state index in [0.29, 0.717) is 11.5 Å². The summed E-state index contributed by atoms with van der Waals surface area (Å²) in [7, 11) is 0. The average molecular weight is 289 g/mol. The normalized spacial score (nSPS) is 15.2. The number of hydrogen-bond donors (Lipinski definition) is 2. The molecule has 0 saturated carbocycles. The summed E-state index contributed by atoms with van der Waals surface area (Å²) in [6.07, 6.45) is 3.26. The van der Waals surface area contributed by atoms with Crippen LogP contribution in [0, 0.1) is 5.82 Å². The summed E-state index contributed by atoms with van der Waals surface area (Å²) in [6.45, 7) is 1.64. The number of piperidine rings is 1.